The minimum absolute atomic E-state index is 0.0250. The Kier molecular flexibility index (Phi) is 7.97. The Hall–Kier alpha value is -3.77. The van der Waals surface area contributed by atoms with Crippen molar-refractivity contribution in [3.8, 4) is 22.8 Å². The molecule has 1 heterocycles. The molecule has 0 unspecified atom stereocenters. The van der Waals surface area contributed by atoms with Crippen LogP contribution in [0, 0.1) is 17.0 Å². The van der Waals surface area contributed by atoms with Gasteiger partial charge in [-0.2, -0.15) is 0 Å². The highest BCUT2D eigenvalue weighted by atomic mass is 35.5. The number of ether oxygens (including phenoxy) is 2. The number of thioether (sulfide) groups is 1. The Morgan fingerprint density at radius 2 is 1.88 bits per heavy atom. The van der Waals surface area contributed by atoms with Gasteiger partial charge in [-0.15, -0.1) is 11.8 Å². The van der Waals surface area contributed by atoms with Crippen LogP contribution < -0.4 is 20.3 Å². The van der Waals surface area contributed by atoms with Crippen LogP contribution in [0.1, 0.15) is 16.1 Å². The van der Waals surface area contributed by atoms with E-state index in [2.05, 4.69) is 16.0 Å². The lowest BCUT2D eigenvalue weighted by Gasteiger charge is -2.11. The molecular formula is C21H19ClN4O7S. The third-order valence-electron chi connectivity index (χ3n) is 4.55. The number of hydrogen-bond donors (Lipinski definition) is 2. The van der Waals surface area contributed by atoms with Crippen LogP contribution in [-0.4, -0.2) is 41.9 Å². The number of aryl methyl sites for hydroxylation is 1. The summed E-state index contributed by atoms with van der Waals surface area (Å²) in [5.41, 5.74) is 5.25. The second-order valence-electron chi connectivity index (χ2n) is 6.67. The lowest BCUT2D eigenvalue weighted by molar-refractivity contribution is -0.385. The zero-order chi connectivity index (χ0) is 24.8. The van der Waals surface area contributed by atoms with Crippen LogP contribution >= 0.6 is 23.4 Å². The molecule has 0 bridgehead atoms. The van der Waals surface area contributed by atoms with Crippen LogP contribution in [0.4, 0.5) is 5.69 Å². The second-order valence-corrected chi connectivity index (χ2v) is 8.09. The number of nitro groups is 1. The molecule has 0 fully saturated rings. The van der Waals surface area contributed by atoms with Gasteiger partial charge in [0, 0.05) is 11.6 Å². The van der Waals surface area contributed by atoms with Crippen molar-refractivity contribution in [1.82, 2.24) is 16.0 Å². The highest BCUT2D eigenvalue weighted by molar-refractivity contribution is 8.00. The number of aromatic nitrogens is 1. The Bertz CT molecular complexity index is 1250. The van der Waals surface area contributed by atoms with Crippen LogP contribution in [0.15, 0.2) is 45.8 Å². The minimum Gasteiger partial charge on any atom is -0.495 e. The molecule has 13 heteroatoms. The first-order valence-electron chi connectivity index (χ1n) is 9.60. The van der Waals surface area contributed by atoms with E-state index in [0.717, 1.165) is 11.8 Å². The van der Waals surface area contributed by atoms with Gasteiger partial charge in [0.25, 0.3) is 5.91 Å². The van der Waals surface area contributed by atoms with Crippen molar-refractivity contribution in [2.45, 2.75) is 11.8 Å². The zero-order valence-electron chi connectivity index (χ0n) is 18.2. The molecule has 34 heavy (non-hydrogen) atoms. The summed E-state index contributed by atoms with van der Waals surface area (Å²) >= 11 is 7.25. The topological polar surface area (TPSA) is 146 Å². The minimum atomic E-state index is -0.637. The predicted octanol–water partition coefficient (Wildman–Crippen LogP) is 3.78. The van der Waals surface area contributed by atoms with E-state index in [0.29, 0.717) is 15.5 Å². The molecule has 0 radical (unpaired) electrons. The number of halogens is 1. The third-order valence-corrected chi connectivity index (χ3v) is 5.92. The van der Waals surface area contributed by atoms with E-state index in [-0.39, 0.29) is 40.0 Å². The summed E-state index contributed by atoms with van der Waals surface area (Å²) in [6.07, 6.45) is 0. The van der Waals surface area contributed by atoms with E-state index in [9.17, 15) is 19.7 Å². The quantitative estimate of drug-likeness (QED) is 0.264. The van der Waals surface area contributed by atoms with E-state index in [1.54, 1.807) is 31.2 Å². The standard InChI is InChI=1S/C21H19ClN4O7S/c1-11-19(20(25-33-11)12-6-4-5-7-13(12)22)21(28)24-23-18(27)10-34-17-9-15(31-2)14(26(29)30)8-16(17)32-3/h4-9H,10H2,1-3H3,(H,23,27)(H,24,28). The number of nitrogens with zero attached hydrogens (tertiary/aromatic N) is 2. The van der Waals surface area contributed by atoms with Gasteiger partial charge >= 0.3 is 5.69 Å². The van der Waals surface area contributed by atoms with Gasteiger partial charge in [-0.25, -0.2) is 0 Å². The Labute approximate surface area is 202 Å². The lowest BCUT2D eigenvalue weighted by atomic mass is 10.1. The summed E-state index contributed by atoms with van der Waals surface area (Å²) in [6.45, 7) is 1.56. The van der Waals surface area contributed by atoms with Crippen molar-refractivity contribution in [1.29, 1.82) is 0 Å². The molecule has 11 nitrogen and oxygen atoms in total. The average molecular weight is 507 g/mol. The first kappa shape index (κ1) is 24.9. The maximum atomic E-state index is 12.7. The molecule has 2 N–H and O–H groups in total. The molecule has 0 saturated carbocycles. The van der Waals surface area contributed by atoms with Gasteiger partial charge in [-0.1, -0.05) is 35.0 Å². The molecule has 0 aliphatic carbocycles. The number of nitrogens with one attached hydrogen (secondary N) is 2. The van der Waals surface area contributed by atoms with Gasteiger partial charge in [-0.05, 0) is 13.0 Å². The highest BCUT2D eigenvalue weighted by Crippen LogP contribution is 2.39. The molecule has 178 valence electrons. The molecule has 0 atom stereocenters. The fraction of sp³-hybridized carbons (Fsp3) is 0.190. The van der Waals surface area contributed by atoms with E-state index in [1.165, 1.54) is 26.4 Å². The molecular weight excluding hydrogens is 488 g/mol. The number of carbonyl (C=O) groups excluding carboxylic acids is 2. The number of hydrazine groups is 1. The Balaban J connectivity index is 1.67. The first-order valence-corrected chi connectivity index (χ1v) is 11.0. The number of hydrogen-bond acceptors (Lipinski definition) is 9. The van der Waals surface area contributed by atoms with E-state index in [1.807, 2.05) is 0 Å². The molecule has 0 aliphatic heterocycles. The summed E-state index contributed by atoms with van der Waals surface area (Å²) in [5.74, 6) is -0.820. The summed E-state index contributed by atoms with van der Waals surface area (Å²) in [6, 6.07) is 9.45. The largest absolute Gasteiger partial charge is 0.495 e. The number of benzene rings is 2. The SMILES string of the molecule is COc1cc([N+](=O)[O-])c(OC)cc1SCC(=O)NNC(=O)c1c(-c2ccccc2Cl)noc1C. The van der Waals surface area contributed by atoms with Crippen molar-refractivity contribution in [3.63, 3.8) is 0 Å². The van der Waals surface area contributed by atoms with Crippen LogP contribution in [0.25, 0.3) is 11.3 Å². The molecule has 3 aromatic rings. The van der Waals surface area contributed by atoms with Gasteiger partial charge in [0.05, 0.1) is 40.9 Å². The van der Waals surface area contributed by atoms with Gasteiger partial charge in [0.15, 0.2) is 5.75 Å². The molecule has 0 spiro atoms. The first-order chi connectivity index (χ1) is 16.3. The van der Waals surface area contributed by atoms with Crippen LogP contribution in [0.3, 0.4) is 0 Å². The monoisotopic (exact) mass is 506 g/mol. The maximum Gasteiger partial charge on any atom is 0.314 e. The second kappa shape index (κ2) is 10.9. The maximum absolute atomic E-state index is 12.7. The van der Waals surface area contributed by atoms with Crippen molar-refractivity contribution < 1.29 is 28.5 Å². The average Bonchev–Trinajstić information content (AvgIpc) is 3.21. The number of amides is 2. The Morgan fingerprint density at radius 3 is 2.53 bits per heavy atom. The van der Waals surface area contributed by atoms with Crippen molar-refractivity contribution in [2.75, 3.05) is 20.0 Å². The molecule has 2 amide bonds. The molecule has 1 aromatic heterocycles. The zero-order valence-corrected chi connectivity index (χ0v) is 19.8. The van der Waals surface area contributed by atoms with Crippen LogP contribution in [0.2, 0.25) is 5.02 Å². The van der Waals surface area contributed by atoms with E-state index >= 15 is 0 Å². The highest BCUT2D eigenvalue weighted by Gasteiger charge is 2.24. The fourth-order valence-electron chi connectivity index (χ4n) is 2.95. The predicted molar refractivity (Wildman–Crippen MR) is 124 cm³/mol. The normalized spacial score (nSPS) is 10.5. The van der Waals surface area contributed by atoms with E-state index in [4.69, 9.17) is 25.6 Å². The van der Waals surface area contributed by atoms with E-state index < -0.39 is 16.7 Å². The fourth-order valence-corrected chi connectivity index (χ4v) is 4.01. The van der Waals surface area contributed by atoms with Gasteiger partial charge in [0.1, 0.15) is 22.8 Å². The van der Waals surface area contributed by atoms with Crippen molar-refractivity contribution in [2.24, 2.45) is 0 Å². The van der Waals surface area contributed by atoms with Crippen LogP contribution in [0.5, 0.6) is 11.5 Å². The summed E-state index contributed by atoms with van der Waals surface area (Å²) < 4.78 is 15.4. The molecule has 3 rings (SSSR count). The molecule has 0 aliphatic rings. The summed E-state index contributed by atoms with van der Waals surface area (Å²) in [7, 11) is 2.66. The van der Waals surface area contributed by atoms with Crippen molar-refractivity contribution in [3.05, 3.63) is 62.9 Å². The van der Waals surface area contributed by atoms with Gasteiger partial charge < -0.3 is 14.0 Å². The number of nitro benzene ring substituents is 1. The summed E-state index contributed by atoms with van der Waals surface area (Å²) in [5, 5.41) is 15.5. The van der Waals surface area contributed by atoms with Gasteiger partial charge in [0.2, 0.25) is 5.91 Å². The molecule has 0 saturated heterocycles. The molecule has 2 aromatic carbocycles. The van der Waals surface area contributed by atoms with Gasteiger partial charge in [-0.3, -0.25) is 30.6 Å². The third kappa shape index (κ3) is 5.41. The van der Waals surface area contributed by atoms with Crippen LogP contribution in [-0.2, 0) is 4.79 Å². The number of rotatable bonds is 8. The smallest absolute Gasteiger partial charge is 0.314 e. The number of methoxy groups -OCH3 is 2. The summed E-state index contributed by atoms with van der Waals surface area (Å²) in [4.78, 5) is 36.1. The number of carbonyl (C=O) groups is 2. The van der Waals surface area contributed by atoms with Crippen molar-refractivity contribution >= 4 is 40.9 Å². The lowest BCUT2D eigenvalue weighted by Crippen LogP contribution is -2.42. The Morgan fingerprint density at radius 1 is 1.18 bits per heavy atom.